The molecule has 0 atom stereocenters. The Balaban J connectivity index is 1.09. The van der Waals surface area contributed by atoms with Gasteiger partial charge in [-0.3, -0.25) is 14.6 Å². The minimum absolute atomic E-state index is 0.0231. The van der Waals surface area contributed by atoms with Gasteiger partial charge in [0.2, 0.25) is 21.1 Å². The second-order valence-electron chi connectivity index (χ2n) is 15.4. The number of benzene rings is 5. The van der Waals surface area contributed by atoms with E-state index < -0.39 is 10.0 Å². The molecule has 8 rings (SSSR count). The fourth-order valence-corrected chi connectivity index (χ4v) is 9.87. The number of para-hydroxylation sites is 2. The maximum absolute atomic E-state index is 14.7. The highest BCUT2D eigenvalue weighted by molar-refractivity contribution is 7.89. The van der Waals surface area contributed by atoms with E-state index in [1.807, 2.05) is 136 Å². The molecule has 1 aliphatic carbocycles. The van der Waals surface area contributed by atoms with E-state index in [1.54, 1.807) is 24.4 Å². The zero-order valence-corrected chi connectivity index (χ0v) is 35.1. The second kappa shape index (κ2) is 17.6. The predicted octanol–water partition coefficient (Wildman–Crippen LogP) is 9.69. The maximum atomic E-state index is 14.7. The van der Waals surface area contributed by atoms with E-state index in [1.165, 1.54) is 4.31 Å². The monoisotopic (exact) mass is 817 g/mol. The molecule has 0 unspecified atom stereocenters. The third-order valence-corrected chi connectivity index (χ3v) is 13.7. The van der Waals surface area contributed by atoms with E-state index in [-0.39, 0.29) is 48.3 Å². The number of anilines is 2. The van der Waals surface area contributed by atoms with Gasteiger partial charge >= 0.3 is 0 Å². The fraction of sp³-hybridized carbons (Fsp3) is 0.240. The van der Waals surface area contributed by atoms with Crippen LogP contribution in [0, 0.1) is 5.92 Å². The lowest BCUT2D eigenvalue weighted by Crippen LogP contribution is -2.40. The Morgan fingerprint density at radius 3 is 2.23 bits per heavy atom. The molecule has 0 radical (unpaired) electrons. The van der Waals surface area contributed by atoms with Crippen LogP contribution in [-0.4, -0.2) is 56.5 Å². The van der Waals surface area contributed by atoms with Gasteiger partial charge in [-0.05, 0) is 74.2 Å². The normalized spacial score (nSPS) is 14.3. The van der Waals surface area contributed by atoms with Crippen LogP contribution in [0.1, 0.15) is 55.1 Å². The molecule has 0 saturated carbocycles. The van der Waals surface area contributed by atoms with Crippen LogP contribution in [0.5, 0.6) is 0 Å². The molecular formula is C50H49N4O5S+. The first-order valence-corrected chi connectivity index (χ1v) is 22.1. The Hall–Kier alpha value is -6.23. The second-order valence-corrected chi connectivity index (χ2v) is 17.3. The van der Waals surface area contributed by atoms with Crippen molar-refractivity contribution in [2.45, 2.75) is 50.3 Å². The summed E-state index contributed by atoms with van der Waals surface area (Å²) in [5.41, 5.74) is 7.21. The first-order chi connectivity index (χ1) is 29.1. The van der Waals surface area contributed by atoms with E-state index in [4.69, 9.17) is 4.42 Å². The van der Waals surface area contributed by atoms with Gasteiger partial charge in [0.05, 0.1) is 11.0 Å². The molecule has 1 saturated heterocycles. The first kappa shape index (κ1) is 40.5. The molecule has 9 nitrogen and oxygen atoms in total. The molecule has 4 aromatic carbocycles. The highest BCUT2D eigenvalue weighted by atomic mass is 32.2. The number of hydrogen-bond donors (Lipinski definition) is 0. The molecule has 0 bridgehead atoms. The molecule has 0 N–H and O–H groups in total. The van der Waals surface area contributed by atoms with Gasteiger partial charge in [-0.2, -0.15) is 8.88 Å². The van der Waals surface area contributed by atoms with Crippen molar-refractivity contribution in [2.75, 3.05) is 32.1 Å². The Bertz CT molecular complexity index is 2810. The van der Waals surface area contributed by atoms with Gasteiger partial charge in [-0.25, -0.2) is 8.42 Å². The van der Waals surface area contributed by atoms with Crippen molar-refractivity contribution in [1.82, 2.24) is 13.9 Å². The summed E-state index contributed by atoms with van der Waals surface area (Å²) in [7, 11) is 0.0386. The van der Waals surface area contributed by atoms with Crippen LogP contribution in [0.3, 0.4) is 0 Å². The van der Waals surface area contributed by atoms with Crippen molar-refractivity contribution < 1.29 is 22.4 Å². The summed E-state index contributed by atoms with van der Waals surface area (Å²) >= 11 is 0. The van der Waals surface area contributed by atoms with Gasteiger partial charge in [-0.15, -0.1) is 0 Å². The number of carbonyl (C=O) groups is 2. The molecule has 2 aliphatic heterocycles. The number of carbonyl (C=O) groups excluding carboxylic acids is 2. The van der Waals surface area contributed by atoms with Gasteiger partial charge in [-0.1, -0.05) is 61.5 Å². The molecule has 3 aliphatic rings. The molecule has 10 heteroatoms. The Morgan fingerprint density at radius 1 is 0.800 bits per heavy atom. The number of ketones is 2. The minimum Gasteiger partial charge on any atom is -0.456 e. The summed E-state index contributed by atoms with van der Waals surface area (Å²) in [4.78, 5) is 32.6. The number of Topliss-reactive ketones (excluding diaryl/α,β-unsaturated/α-hetero) is 2. The summed E-state index contributed by atoms with van der Waals surface area (Å²) in [5, 5.41) is 1.71. The fourth-order valence-electron chi connectivity index (χ4n) is 8.20. The standard InChI is InChI=1S/C50H49N4O5S/c1-4-37-23-22-36(34-51-37)46(56)20-13-19-45(55)35-28-30-54(31-29-35)60(57,58)49-21-12-11-18-44(49)50-42-26-24-40(52(2)38-14-7-5-8-15-38)32-47(42)59-48-33-41(25-27-43(48)50)53(3)39-16-9-6-10-17-39/h5-12,14-18,21-27,32-35H,4,13,19-20,28-31H2,1-3H3/q+1. The van der Waals surface area contributed by atoms with E-state index >= 15 is 0 Å². The topological polar surface area (TPSA) is 104 Å². The van der Waals surface area contributed by atoms with E-state index in [2.05, 4.69) is 14.5 Å². The number of aryl methyl sites for hydroxylation is 1. The number of aromatic nitrogens is 1. The number of nitrogens with zero attached hydrogens (tertiary/aromatic N) is 4. The SMILES string of the molecule is CCc1ccc(C(=O)CCCC(=O)C2CCN(S(=O)(=O)c3ccccc3-c3c4ccc(=[N+](C)c5ccccc5)cc-4oc4cc(N(C)c5ccccc5)ccc34)CC2)cn1. The van der Waals surface area contributed by atoms with Gasteiger partial charge < -0.3 is 9.32 Å². The molecule has 3 heterocycles. The summed E-state index contributed by atoms with van der Waals surface area (Å²) in [5.74, 6) is 0.435. The largest absolute Gasteiger partial charge is 0.456 e. The average Bonchev–Trinajstić information content (AvgIpc) is 3.30. The lowest BCUT2D eigenvalue weighted by Gasteiger charge is -2.31. The van der Waals surface area contributed by atoms with Crippen LogP contribution in [-0.2, 0) is 21.2 Å². The van der Waals surface area contributed by atoms with Crippen molar-refractivity contribution in [3.8, 4) is 22.5 Å². The maximum Gasteiger partial charge on any atom is 0.243 e. The molecule has 1 fully saturated rings. The summed E-state index contributed by atoms with van der Waals surface area (Å²) in [6.07, 6.45) is 4.30. The third-order valence-electron chi connectivity index (χ3n) is 11.8. The van der Waals surface area contributed by atoms with Crippen molar-refractivity contribution in [2.24, 2.45) is 5.92 Å². The number of pyridine rings is 1. The highest BCUT2D eigenvalue weighted by Crippen LogP contribution is 2.44. The Labute approximate surface area is 351 Å². The Kier molecular flexibility index (Phi) is 11.9. The lowest BCUT2D eigenvalue weighted by atomic mass is 9.90. The number of rotatable bonds is 13. The molecule has 0 amide bonds. The lowest BCUT2D eigenvalue weighted by molar-refractivity contribution is -0.124. The van der Waals surface area contributed by atoms with Crippen LogP contribution >= 0.6 is 0 Å². The first-order valence-electron chi connectivity index (χ1n) is 20.6. The van der Waals surface area contributed by atoms with Crippen LogP contribution in [0.2, 0.25) is 0 Å². The van der Waals surface area contributed by atoms with E-state index in [0.717, 1.165) is 51.0 Å². The molecular weight excluding hydrogens is 769 g/mol. The molecule has 0 spiro atoms. The van der Waals surface area contributed by atoms with Gasteiger partial charge in [0.25, 0.3) is 0 Å². The van der Waals surface area contributed by atoms with Crippen LogP contribution in [0.25, 0.3) is 33.4 Å². The molecule has 5 aromatic rings. The zero-order chi connectivity index (χ0) is 41.8. The number of sulfonamides is 1. The van der Waals surface area contributed by atoms with Crippen molar-refractivity contribution in [3.05, 3.63) is 156 Å². The van der Waals surface area contributed by atoms with Gasteiger partial charge in [0.15, 0.2) is 5.78 Å². The van der Waals surface area contributed by atoms with Crippen LogP contribution < -0.4 is 14.8 Å². The number of hydrogen-bond acceptors (Lipinski definition) is 7. The summed E-state index contributed by atoms with van der Waals surface area (Å²) in [6.45, 7) is 2.48. The summed E-state index contributed by atoms with van der Waals surface area (Å²) < 4.78 is 39.8. The van der Waals surface area contributed by atoms with Crippen molar-refractivity contribution >= 4 is 49.6 Å². The highest BCUT2D eigenvalue weighted by Gasteiger charge is 2.34. The van der Waals surface area contributed by atoms with Crippen LogP contribution in [0.4, 0.5) is 17.1 Å². The quantitative estimate of drug-likeness (QED) is 0.0649. The smallest absolute Gasteiger partial charge is 0.243 e. The van der Waals surface area contributed by atoms with Gasteiger partial charge in [0, 0.05) is 114 Å². The molecule has 304 valence electrons. The Morgan fingerprint density at radius 2 is 1.52 bits per heavy atom. The third kappa shape index (κ3) is 8.30. The zero-order valence-electron chi connectivity index (χ0n) is 34.3. The van der Waals surface area contributed by atoms with Crippen LogP contribution in [0.15, 0.2) is 149 Å². The van der Waals surface area contributed by atoms with Crippen molar-refractivity contribution in [3.63, 3.8) is 0 Å². The van der Waals surface area contributed by atoms with E-state index in [0.29, 0.717) is 41.7 Å². The molecule has 1 aromatic heterocycles. The number of piperidine rings is 1. The minimum atomic E-state index is -3.98. The average molecular weight is 818 g/mol. The number of fused-ring (bicyclic) bond motifs is 2. The van der Waals surface area contributed by atoms with Crippen molar-refractivity contribution in [1.29, 1.82) is 0 Å². The van der Waals surface area contributed by atoms with Gasteiger partial charge in [0.1, 0.15) is 24.2 Å². The molecule has 60 heavy (non-hydrogen) atoms. The summed E-state index contributed by atoms with van der Waals surface area (Å²) in [6, 6.07) is 43.1. The predicted molar refractivity (Wildman–Crippen MR) is 238 cm³/mol. The van der Waals surface area contributed by atoms with E-state index in [9.17, 15) is 18.0 Å².